The molecule has 1 fully saturated rings. The van der Waals surface area contributed by atoms with Crippen molar-refractivity contribution in [3.63, 3.8) is 0 Å². The van der Waals surface area contributed by atoms with Gasteiger partial charge in [0.15, 0.2) is 5.82 Å². The number of nitriles is 1. The molecule has 0 amide bonds. The first-order valence-corrected chi connectivity index (χ1v) is 6.89. The van der Waals surface area contributed by atoms with Gasteiger partial charge in [-0.15, -0.1) is 0 Å². The molecule has 0 atom stereocenters. The SMILES string of the molecule is Cn1nc(C2CC2)cc1CNc1n[nH]c(Br)c1C#N. The molecule has 1 aliphatic rings. The zero-order valence-electron chi connectivity index (χ0n) is 10.4. The lowest BCUT2D eigenvalue weighted by Gasteiger charge is -2.03. The molecule has 1 aliphatic carbocycles. The molecule has 0 unspecified atom stereocenters. The van der Waals surface area contributed by atoms with E-state index in [0.29, 0.717) is 28.4 Å². The summed E-state index contributed by atoms with van der Waals surface area (Å²) in [5.74, 6) is 1.21. The number of aromatic amines is 1. The van der Waals surface area contributed by atoms with Crippen molar-refractivity contribution in [3.05, 3.63) is 27.6 Å². The van der Waals surface area contributed by atoms with Crippen LogP contribution in [-0.4, -0.2) is 20.0 Å². The van der Waals surface area contributed by atoms with Gasteiger partial charge in [-0.05, 0) is 34.8 Å². The summed E-state index contributed by atoms with van der Waals surface area (Å²) in [7, 11) is 1.94. The van der Waals surface area contributed by atoms with E-state index in [-0.39, 0.29) is 0 Å². The summed E-state index contributed by atoms with van der Waals surface area (Å²) in [6, 6.07) is 4.23. The van der Waals surface area contributed by atoms with Gasteiger partial charge in [0.2, 0.25) is 0 Å². The van der Waals surface area contributed by atoms with E-state index in [1.165, 1.54) is 18.5 Å². The highest BCUT2D eigenvalue weighted by atomic mass is 79.9. The third-order valence-electron chi connectivity index (χ3n) is 3.26. The quantitative estimate of drug-likeness (QED) is 0.905. The number of anilines is 1. The maximum Gasteiger partial charge on any atom is 0.167 e. The van der Waals surface area contributed by atoms with Crippen LogP contribution in [-0.2, 0) is 13.6 Å². The van der Waals surface area contributed by atoms with E-state index in [4.69, 9.17) is 5.26 Å². The molecule has 2 aromatic rings. The van der Waals surface area contributed by atoms with Crippen LogP contribution in [0.3, 0.4) is 0 Å². The van der Waals surface area contributed by atoms with Gasteiger partial charge >= 0.3 is 0 Å². The number of hydrogen-bond acceptors (Lipinski definition) is 4. The van der Waals surface area contributed by atoms with Crippen LogP contribution >= 0.6 is 15.9 Å². The van der Waals surface area contributed by atoms with Gasteiger partial charge in [0.05, 0.1) is 17.9 Å². The van der Waals surface area contributed by atoms with Crippen LogP contribution < -0.4 is 5.32 Å². The maximum atomic E-state index is 9.03. The molecule has 0 radical (unpaired) electrons. The minimum absolute atomic E-state index is 0.490. The van der Waals surface area contributed by atoms with Crippen molar-refractivity contribution < 1.29 is 0 Å². The Morgan fingerprint density at radius 3 is 3.11 bits per heavy atom. The van der Waals surface area contributed by atoms with E-state index >= 15 is 0 Å². The third kappa shape index (κ3) is 2.36. The Morgan fingerprint density at radius 2 is 2.42 bits per heavy atom. The molecule has 19 heavy (non-hydrogen) atoms. The van der Waals surface area contributed by atoms with E-state index in [2.05, 4.69) is 48.7 Å². The number of H-pyrrole nitrogens is 1. The summed E-state index contributed by atoms with van der Waals surface area (Å²) in [4.78, 5) is 0. The van der Waals surface area contributed by atoms with Crippen molar-refractivity contribution in [3.8, 4) is 6.07 Å². The molecule has 0 spiro atoms. The lowest BCUT2D eigenvalue weighted by atomic mass is 10.2. The largest absolute Gasteiger partial charge is 0.362 e. The van der Waals surface area contributed by atoms with Gasteiger partial charge in [-0.25, -0.2) is 0 Å². The molecule has 98 valence electrons. The Hall–Kier alpha value is -1.81. The second kappa shape index (κ2) is 4.70. The summed E-state index contributed by atoms with van der Waals surface area (Å²) in [5, 5.41) is 23.5. The van der Waals surface area contributed by atoms with Gasteiger partial charge in [-0.3, -0.25) is 9.78 Å². The first kappa shape index (κ1) is 12.2. The van der Waals surface area contributed by atoms with Crippen LogP contribution in [0.5, 0.6) is 0 Å². The fourth-order valence-electron chi connectivity index (χ4n) is 2.00. The molecule has 0 saturated heterocycles. The standard InChI is InChI=1S/C12H13BrN6/c1-19-8(4-10(18-19)7-2-3-7)6-15-12-9(5-14)11(13)16-17-12/h4,7H,2-3,6H2,1H3,(H2,15,16,17). The number of aromatic nitrogens is 4. The van der Waals surface area contributed by atoms with Crippen molar-refractivity contribution in [1.29, 1.82) is 5.26 Å². The normalized spacial score (nSPS) is 14.4. The molecular weight excluding hydrogens is 308 g/mol. The average molecular weight is 321 g/mol. The van der Waals surface area contributed by atoms with Crippen LogP contribution in [0.2, 0.25) is 0 Å². The van der Waals surface area contributed by atoms with Gasteiger partial charge in [-0.1, -0.05) is 0 Å². The summed E-state index contributed by atoms with van der Waals surface area (Å²) in [6.45, 7) is 0.599. The van der Waals surface area contributed by atoms with E-state index < -0.39 is 0 Å². The molecule has 3 rings (SSSR count). The average Bonchev–Trinajstić information content (AvgIpc) is 3.09. The second-order valence-corrected chi connectivity index (χ2v) is 5.48. The third-order valence-corrected chi connectivity index (χ3v) is 3.84. The molecule has 1 saturated carbocycles. The number of halogens is 1. The van der Waals surface area contributed by atoms with Crippen LogP contribution in [0, 0.1) is 11.3 Å². The van der Waals surface area contributed by atoms with Gasteiger partial charge in [0.1, 0.15) is 16.2 Å². The molecule has 0 aromatic carbocycles. The summed E-state index contributed by atoms with van der Waals surface area (Å²) >= 11 is 3.25. The molecule has 0 aliphatic heterocycles. The van der Waals surface area contributed by atoms with Crippen LogP contribution in [0.4, 0.5) is 5.82 Å². The van der Waals surface area contributed by atoms with E-state index in [1.54, 1.807) is 0 Å². The van der Waals surface area contributed by atoms with Gasteiger partial charge in [0, 0.05) is 13.0 Å². The number of nitrogens with one attached hydrogen (secondary N) is 2. The van der Waals surface area contributed by atoms with Gasteiger partial charge < -0.3 is 5.32 Å². The molecule has 2 aromatic heterocycles. The fourth-order valence-corrected chi connectivity index (χ4v) is 2.36. The van der Waals surface area contributed by atoms with Gasteiger partial charge in [0.25, 0.3) is 0 Å². The van der Waals surface area contributed by atoms with Crippen molar-refractivity contribution in [2.75, 3.05) is 5.32 Å². The highest BCUT2D eigenvalue weighted by Gasteiger charge is 2.26. The molecule has 6 nitrogen and oxygen atoms in total. The Kier molecular flexibility index (Phi) is 3.03. The Bertz CT molecular complexity index is 646. The zero-order valence-corrected chi connectivity index (χ0v) is 12.0. The number of hydrogen-bond donors (Lipinski definition) is 2. The smallest absolute Gasteiger partial charge is 0.167 e. The molecule has 7 heteroatoms. The molecule has 0 bridgehead atoms. The highest BCUT2D eigenvalue weighted by molar-refractivity contribution is 9.10. The van der Waals surface area contributed by atoms with E-state index in [0.717, 1.165) is 5.69 Å². The predicted molar refractivity (Wildman–Crippen MR) is 73.5 cm³/mol. The zero-order chi connectivity index (χ0) is 13.4. The Morgan fingerprint density at radius 1 is 1.63 bits per heavy atom. The Labute approximate surface area is 118 Å². The number of nitrogens with zero attached hydrogens (tertiary/aromatic N) is 4. The summed E-state index contributed by atoms with van der Waals surface area (Å²) in [5.41, 5.74) is 2.75. The summed E-state index contributed by atoms with van der Waals surface area (Å²) in [6.07, 6.45) is 2.49. The first-order chi connectivity index (χ1) is 9.19. The topological polar surface area (TPSA) is 82.3 Å². The predicted octanol–water partition coefficient (Wildman–Crippen LogP) is 2.27. The first-order valence-electron chi connectivity index (χ1n) is 6.09. The monoisotopic (exact) mass is 320 g/mol. The molecule has 2 N–H and O–H groups in total. The van der Waals surface area contributed by atoms with Crippen molar-refractivity contribution in [1.82, 2.24) is 20.0 Å². The highest BCUT2D eigenvalue weighted by Crippen LogP contribution is 2.39. The minimum Gasteiger partial charge on any atom is -0.362 e. The van der Waals surface area contributed by atoms with Gasteiger partial charge in [-0.2, -0.15) is 15.5 Å². The second-order valence-electron chi connectivity index (χ2n) is 4.68. The molecular formula is C12H13BrN6. The Balaban J connectivity index is 1.73. The van der Waals surface area contributed by atoms with Crippen molar-refractivity contribution in [2.24, 2.45) is 7.05 Å². The minimum atomic E-state index is 0.490. The fraction of sp³-hybridized carbons (Fsp3) is 0.417. The molecule has 2 heterocycles. The lowest BCUT2D eigenvalue weighted by Crippen LogP contribution is -2.06. The van der Waals surface area contributed by atoms with Crippen LogP contribution in [0.25, 0.3) is 0 Å². The van der Waals surface area contributed by atoms with E-state index in [9.17, 15) is 0 Å². The van der Waals surface area contributed by atoms with Crippen molar-refractivity contribution >= 4 is 21.7 Å². The van der Waals surface area contributed by atoms with Crippen LogP contribution in [0.1, 0.15) is 35.7 Å². The van der Waals surface area contributed by atoms with Crippen molar-refractivity contribution in [2.45, 2.75) is 25.3 Å². The van der Waals surface area contributed by atoms with E-state index in [1.807, 2.05) is 11.7 Å². The number of aryl methyl sites for hydroxylation is 1. The number of rotatable bonds is 4. The lowest BCUT2D eigenvalue weighted by molar-refractivity contribution is 0.705. The summed E-state index contributed by atoms with van der Waals surface area (Å²) < 4.78 is 2.48. The van der Waals surface area contributed by atoms with Crippen LogP contribution in [0.15, 0.2) is 10.7 Å². The maximum absolute atomic E-state index is 9.03.